The van der Waals surface area contributed by atoms with Crippen molar-refractivity contribution >= 4 is 5.91 Å². The average molecular weight is 272 g/mol. The number of rotatable bonds is 3. The number of amides is 1. The molecule has 0 aromatic carbocycles. The van der Waals surface area contributed by atoms with E-state index in [-0.39, 0.29) is 18.4 Å². The Morgan fingerprint density at radius 1 is 1.53 bits per heavy atom. The van der Waals surface area contributed by atoms with Crippen molar-refractivity contribution in [2.75, 3.05) is 13.1 Å². The molecule has 19 heavy (non-hydrogen) atoms. The van der Waals surface area contributed by atoms with E-state index in [1.807, 2.05) is 0 Å². The Kier molecular flexibility index (Phi) is 3.84. The second-order valence-electron chi connectivity index (χ2n) is 4.94. The predicted octanol–water partition coefficient (Wildman–Crippen LogP) is 0.997. The second kappa shape index (κ2) is 5.24. The van der Waals surface area contributed by atoms with E-state index in [0.717, 1.165) is 6.42 Å². The highest BCUT2D eigenvalue weighted by molar-refractivity contribution is 5.79. The van der Waals surface area contributed by atoms with Crippen LogP contribution in [0.25, 0.3) is 0 Å². The molecule has 5 nitrogen and oxygen atoms in total. The van der Waals surface area contributed by atoms with Crippen molar-refractivity contribution in [3.8, 4) is 0 Å². The third-order valence-corrected chi connectivity index (χ3v) is 3.57. The molecule has 1 aromatic rings. The zero-order valence-corrected chi connectivity index (χ0v) is 11.1. The fourth-order valence-corrected chi connectivity index (χ4v) is 2.42. The first-order valence-corrected chi connectivity index (χ1v) is 6.26. The molecule has 1 saturated heterocycles. The first-order chi connectivity index (χ1) is 8.90. The molecule has 0 unspecified atom stereocenters. The molecule has 0 spiro atoms. The summed E-state index contributed by atoms with van der Waals surface area (Å²) in [5.41, 5.74) is 7.17. The largest absolute Gasteiger partial charge is 0.341 e. The van der Waals surface area contributed by atoms with Crippen LogP contribution in [0.3, 0.4) is 0 Å². The maximum atomic E-state index is 12.7. The van der Waals surface area contributed by atoms with Crippen LogP contribution in [0.5, 0.6) is 0 Å². The predicted molar refractivity (Wildman–Crippen MR) is 65.8 cm³/mol. The van der Waals surface area contributed by atoms with E-state index in [9.17, 15) is 13.6 Å². The smallest absolute Gasteiger partial charge is 0.333 e. The SMILES string of the molecule is Cc1nn(C(F)F)c(C)c1CC(=O)N1CC[C@@H](N)C1. The molecule has 1 atom stereocenters. The van der Waals surface area contributed by atoms with E-state index < -0.39 is 6.55 Å². The topological polar surface area (TPSA) is 64.2 Å². The third-order valence-electron chi connectivity index (χ3n) is 3.57. The minimum absolute atomic E-state index is 0.0231. The van der Waals surface area contributed by atoms with Crippen LogP contribution in [0, 0.1) is 13.8 Å². The highest BCUT2D eigenvalue weighted by Gasteiger charge is 2.26. The summed E-state index contributed by atoms with van der Waals surface area (Å²) in [5, 5.41) is 3.78. The number of halogens is 2. The zero-order chi connectivity index (χ0) is 14.2. The van der Waals surface area contributed by atoms with E-state index in [1.165, 1.54) is 0 Å². The molecule has 1 amide bonds. The van der Waals surface area contributed by atoms with Gasteiger partial charge in [0.05, 0.1) is 12.1 Å². The quantitative estimate of drug-likeness (QED) is 0.892. The van der Waals surface area contributed by atoms with Gasteiger partial charge in [-0.05, 0) is 20.3 Å². The van der Waals surface area contributed by atoms with Crippen molar-refractivity contribution < 1.29 is 13.6 Å². The number of likely N-dealkylation sites (tertiary alicyclic amines) is 1. The van der Waals surface area contributed by atoms with Gasteiger partial charge >= 0.3 is 6.55 Å². The highest BCUT2D eigenvalue weighted by Crippen LogP contribution is 2.21. The highest BCUT2D eigenvalue weighted by atomic mass is 19.3. The van der Waals surface area contributed by atoms with Crippen molar-refractivity contribution in [2.24, 2.45) is 5.73 Å². The van der Waals surface area contributed by atoms with Gasteiger partial charge in [-0.3, -0.25) is 4.79 Å². The molecule has 0 saturated carbocycles. The summed E-state index contributed by atoms with van der Waals surface area (Å²) in [7, 11) is 0. The summed E-state index contributed by atoms with van der Waals surface area (Å²) in [6.07, 6.45) is 0.900. The van der Waals surface area contributed by atoms with Crippen LogP contribution in [0.1, 0.15) is 29.9 Å². The molecule has 2 N–H and O–H groups in total. The first-order valence-electron chi connectivity index (χ1n) is 6.26. The summed E-state index contributed by atoms with van der Waals surface area (Å²) >= 11 is 0. The summed E-state index contributed by atoms with van der Waals surface area (Å²) in [5.74, 6) is -0.0760. The van der Waals surface area contributed by atoms with Gasteiger partial charge in [0.25, 0.3) is 0 Å². The Labute approximate surface area is 110 Å². The van der Waals surface area contributed by atoms with E-state index in [4.69, 9.17) is 5.73 Å². The van der Waals surface area contributed by atoms with Gasteiger partial charge < -0.3 is 10.6 Å². The van der Waals surface area contributed by atoms with Crippen LogP contribution in [-0.2, 0) is 11.2 Å². The van der Waals surface area contributed by atoms with Gasteiger partial charge in [-0.25, -0.2) is 4.68 Å². The minimum Gasteiger partial charge on any atom is -0.341 e. The van der Waals surface area contributed by atoms with Crippen LogP contribution in [0.15, 0.2) is 0 Å². The number of nitrogens with two attached hydrogens (primary N) is 1. The Balaban J connectivity index is 2.13. The Morgan fingerprint density at radius 3 is 2.68 bits per heavy atom. The lowest BCUT2D eigenvalue weighted by molar-refractivity contribution is -0.129. The van der Waals surface area contributed by atoms with E-state index >= 15 is 0 Å². The standard InChI is InChI=1S/C12H18F2N4O/c1-7-10(8(2)18(16-7)12(13)14)5-11(19)17-4-3-9(15)6-17/h9,12H,3-6,15H2,1-2H3/t9-/m1/s1. The Morgan fingerprint density at radius 2 is 2.21 bits per heavy atom. The molecule has 1 aliphatic heterocycles. The number of carbonyl (C=O) groups is 1. The molecule has 7 heteroatoms. The average Bonchev–Trinajstić information content (AvgIpc) is 2.87. The van der Waals surface area contributed by atoms with Gasteiger partial charge in [0.2, 0.25) is 5.91 Å². The molecule has 2 heterocycles. The number of aromatic nitrogens is 2. The van der Waals surface area contributed by atoms with Crippen LogP contribution in [-0.4, -0.2) is 39.7 Å². The summed E-state index contributed by atoms with van der Waals surface area (Å²) in [6, 6.07) is 0.0231. The Hall–Kier alpha value is -1.50. The molecule has 0 bridgehead atoms. The molecule has 106 valence electrons. The van der Waals surface area contributed by atoms with Crippen LogP contribution in [0.2, 0.25) is 0 Å². The Bertz CT molecular complexity index is 486. The fraction of sp³-hybridized carbons (Fsp3) is 0.667. The van der Waals surface area contributed by atoms with E-state index in [1.54, 1.807) is 18.7 Å². The molecule has 1 aromatic heterocycles. The van der Waals surface area contributed by atoms with Gasteiger partial charge in [-0.15, -0.1) is 0 Å². The molecule has 2 rings (SSSR count). The van der Waals surface area contributed by atoms with Crippen LogP contribution < -0.4 is 5.73 Å². The lowest BCUT2D eigenvalue weighted by atomic mass is 10.1. The fourth-order valence-electron chi connectivity index (χ4n) is 2.42. The minimum atomic E-state index is -2.68. The number of aryl methyl sites for hydroxylation is 1. The maximum Gasteiger partial charge on any atom is 0.333 e. The molecule has 1 fully saturated rings. The lowest BCUT2D eigenvalue weighted by Gasteiger charge is -2.15. The molecule has 0 aliphatic carbocycles. The number of carbonyl (C=O) groups excluding carboxylic acids is 1. The van der Waals surface area contributed by atoms with Crippen molar-refractivity contribution in [3.63, 3.8) is 0 Å². The number of nitrogens with zero attached hydrogens (tertiary/aromatic N) is 3. The molecule has 0 radical (unpaired) electrons. The van der Waals surface area contributed by atoms with Crippen LogP contribution in [0.4, 0.5) is 8.78 Å². The second-order valence-corrected chi connectivity index (χ2v) is 4.94. The summed E-state index contributed by atoms with van der Waals surface area (Å²) in [6.45, 7) is 1.71. The normalized spacial score (nSPS) is 19.5. The third kappa shape index (κ3) is 2.75. The van der Waals surface area contributed by atoms with Crippen molar-refractivity contribution in [2.45, 2.75) is 39.3 Å². The van der Waals surface area contributed by atoms with Gasteiger partial charge in [0, 0.05) is 30.4 Å². The lowest BCUT2D eigenvalue weighted by Crippen LogP contribution is -2.33. The van der Waals surface area contributed by atoms with Gasteiger partial charge in [-0.2, -0.15) is 13.9 Å². The van der Waals surface area contributed by atoms with Gasteiger partial charge in [0.1, 0.15) is 0 Å². The summed E-state index contributed by atoms with van der Waals surface area (Å²) < 4.78 is 26.1. The zero-order valence-electron chi connectivity index (χ0n) is 11.1. The van der Waals surface area contributed by atoms with Gasteiger partial charge in [-0.1, -0.05) is 0 Å². The van der Waals surface area contributed by atoms with E-state index in [2.05, 4.69) is 5.10 Å². The van der Waals surface area contributed by atoms with Crippen molar-refractivity contribution in [3.05, 3.63) is 17.0 Å². The number of hydrogen-bond donors (Lipinski definition) is 1. The van der Waals surface area contributed by atoms with Crippen molar-refractivity contribution in [1.29, 1.82) is 0 Å². The summed E-state index contributed by atoms with van der Waals surface area (Å²) in [4.78, 5) is 13.8. The monoisotopic (exact) mass is 272 g/mol. The van der Waals surface area contributed by atoms with Crippen LogP contribution >= 0.6 is 0 Å². The van der Waals surface area contributed by atoms with Gasteiger partial charge in [0.15, 0.2) is 0 Å². The first kappa shape index (κ1) is 13.9. The molecular weight excluding hydrogens is 254 g/mol. The number of alkyl halides is 2. The van der Waals surface area contributed by atoms with E-state index in [0.29, 0.717) is 34.7 Å². The molecule has 1 aliphatic rings. The molecular formula is C12H18F2N4O. The maximum absolute atomic E-state index is 12.7. The number of hydrogen-bond acceptors (Lipinski definition) is 3. The van der Waals surface area contributed by atoms with Crippen molar-refractivity contribution in [1.82, 2.24) is 14.7 Å².